The molecule has 0 aliphatic carbocycles. The summed E-state index contributed by atoms with van der Waals surface area (Å²) >= 11 is 0. The van der Waals surface area contributed by atoms with Crippen molar-refractivity contribution in [3.8, 4) is 0 Å². The molecular weight excluding hydrogens is 1070 g/mol. The topological polar surface area (TPSA) is 108 Å². The van der Waals surface area contributed by atoms with Crippen molar-refractivity contribution in [3.63, 3.8) is 0 Å². The molecule has 1 amide bonds. The van der Waals surface area contributed by atoms with Crippen LogP contribution < -0.4 is 10.2 Å². The van der Waals surface area contributed by atoms with Crippen molar-refractivity contribution in [2.24, 2.45) is 0 Å². The average Bonchev–Trinajstić information content (AvgIpc) is 3.48. The van der Waals surface area contributed by atoms with E-state index in [2.05, 4.69) is 19.2 Å². The van der Waals surface area contributed by atoms with E-state index in [1.165, 1.54) is 360 Å². The predicted molar refractivity (Wildman–Crippen MR) is 372 cm³/mol. The first-order chi connectivity index (χ1) is 41.5. The number of allylic oxidation sites excluding steroid dienone is 1. The molecule has 0 aliphatic heterocycles. The first kappa shape index (κ1) is 84.2. The summed E-state index contributed by atoms with van der Waals surface area (Å²) in [6.07, 6.45) is 88.0. The second kappa shape index (κ2) is 67.6. The second-order valence-corrected chi connectivity index (χ2v) is 29.5. The molecule has 0 rings (SSSR count). The Morgan fingerprint density at radius 2 is 0.635 bits per heavy atom. The second-order valence-electron chi connectivity index (χ2n) is 28.1. The number of phosphoric ester groups is 1. The van der Waals surface area contributed by atoms with E-state index in [1.54, 1.807) is 6.08 Å². The van der Waals surface area contributed by atoms with Gasteiger partial charge in [0.05, 0.1) is 39.9 Å². The van der Waals surface area contributed by atoms with E-state index in [4.69, 9.17) is 9.05 Å². The van der Waals surface area contributed by atoms with Gasteiger partial charge in [-0.2, -0.15) is 0 Å². The lowest BCUT2D eigenvalue weighted by Gasteiger charge is -2.29. The van der Waals surface area contributed by atoms with Gasteiger partial charge in [-0.05, 0) is 19.3 Å². The van der Waals surface area contributed by atoms with Crippen LogP contribution in [0.1, 0.15) is 418 Å². The summed E-state index contributed by atoms with van der Waals surface area (Å²) < 4.78 is 23.5. The van der Waals surface area contributed by atoms with Crippen LogP contribution in [-0.2, 0) is 18.4 Å². The molecule has 8 nitrogen and oxygen atoms in total. The van der Waals surface area contributed by atoms with Gasteiger partial charge in [-0.15, -0.1) is 0 Å². The van der Waals surface area contributed by atoms with Crippen molar-refractivity contribution in [3.05, 3.63) is 12.2 Å². The molecule has 0 aromatic rings. The van der Waals surface area contributed by atoms with Crippen LogP contribution in [-0.4, -0.2) is 68.5 Å². The van der Waals surface area contributed by atoms with Crippen LogP contribution in [0, 0.1) is 0 Å². The van der Waals surface area contributed by atoms with Crippen molar-refractivity contribution in [2.75, 3.05) is 40.9 Å². The van der Waals surface area contributed by atoms with Gasteiger partial charge < -0.3 is 28.8 Å². The van der Waals surface area contributed by atoms with Gasteiger partial charge in [-0.3, -0.25) is 9.36 Å². The van der Waals surface area contributed by atoms with E-state index in [0.717, 1.165) is 38.5 Å². The summed E-state index contributed by atoms with van der Waals surface area (Å²) in [4.78, 5) is 25.7. The number of aliphatic hydroxyl groups is 1. The number of likely N-dealkylation sites (N-methyl/N-ethyl adjacent to an activating group) is 1. The molecule has 0 radical (unpaired) electrons. The number of nitrogens with one attached hydrogen (secondary N) is 1. The largest absolute Gasteiger partial charge is 0.756 e. The quantitative estimate of drug-likeness (QED) is 0.0272. The number of quaternary nitrogens is 1. The van der Waals surface area contributed by atoms with Crippen LogP contribution in [0.2, 0.25) is 0 Å². The number of amides is 1. The molecule has 0 saturated carbocycles. The van der Waals surface area contributed by atoms with E-state index >= 15 is 0 Å². The van der Waals surface area contributed by atoms with Crippen LogP contribution >= 0.6 is 7.82 Å². The fraction of sp³-hybridized carbons (Fsp3) is 0.961. The fourth-order valence-corrected chi connectivity index (χ4v) is 13.0. The Morgan fingerprint density at radius 1 is 0.400 bits per heavy atom. The van der Waals surface area contributed by atoms with E-state index in [1.807, 2.05) is 27.2 Å². The SMILES string of the molecule is CCCCCCCCCCCCCCCCCCCCCCCCCCCC/C=C/C(O)C(COP(=O)([O-])OCC[N+](C)(C)C)NC(=O)CCCCCCCCCCCCCCCCCCCCCCCCCCCCCCCCCCCCC. The van der Waals surface area contributed by atoms with Crippen LogP contribution in [0.5, 0.6) is 0 Å². The highest BCUT2D eigenvalue weighted by molar-refractivity contribution is 7.45. The van der Waals surface area contributed by atoms with Crippen molar-refractivity contribution in [2.45, 2.75) is 431 Å². The molecule has 0 aromatic carbocycles. The summed E-state index contributed by atoms with van der Waals surface area (Å²) in [6, 6.07) is -0.884. The monoisotopic (exact) mass is 1220 g/mol. The predicted octanol–water partition coefficient (Wildman–Crippen LogP) is 24.2. The fourth-order valence-electron chi connectivity index (χ4n) is 12.3. The minimum Gasteiger partial charge on any atom is -0.756 e. The van der Waals surface area contributed by atoms with Gasteiger partial charge in [0.25, 0.3) is 7.82 Å². The highest BCUT2D eigenvalue weighted by atomic mass is 31.2. The number of hydrogen-bond acceptors (Lipinski definition) is 6. The Morgan fingerprint density at radius 3 is 0.882 bits per heavy atom. The lowest BCUT2D eigenvalue weighted by atomic mass is 10.0. The van der Waals surface area contributed by atoms with Crippen LogP contribution in [0.3, 0.4) is 0 Å². The smallest absolute Gasteiger partial charge is 0.268 e. The van der Waals surface area contributed by atoms with Crippen LogP contribution in [0.25, 0.3) is 0 Å². The lowest BCUT2D eigenvalue weighted by molar-refractivity contribution is -0.870. The van der Waals surface area contributed by atoms with Gasteiger partial charge >= 0.3 is 0 Å². The van der Waals surface area contributed by atoms with Crippen LogP contribution in [0.15, 0.2) is 12.2 Å². The normalized spacial score (nSPS) is 13.5. The number of carbonyl (C=O) groups excluding carboxylic acids is 1. The number of aliphatic hydroxyl groups excluding tert-OH is 1. The number of hydrogen-bond donors (Lipinski definition) is 2. The third-order valence-electron chi connectivity index (χ3n) is 18.2. The molecule has 3 unspecified atom stereocenters. The summed E-state index contributed by atoms with van der Waals surface area (Å²) in [6.45, 7) is 4.73. The van der Waals surface area contributed by atoms with Crippen molar-refractivity contribution in [1.29, 1.82) is 0 Å². The lowest BCUT2D eigenvalue weighted by Crippen LogP contribution is -2.45. The molecule has 0 bridgehead atoms. The van der Waals surface area contributed by atoms with Gasteiger partial charge in [-0.25, -0.2) is 0 Å². The van der Waals surface area contributed by atoms with Gasteiger partial charge in [0.15, 0.2) is 0 Å². The third kappa shape index (κ3) is 70.6. The Labute approximate surface area is 532 Å². The Hall–Kier alpha value is -0.760. The minimum absolute atomic E-state index is 0.00312. The molecule has 3 atom stereocenters. The maximum absolute atomic E-state index is 13.1. The molecule has 0 fully saturated rings. The molecule has 0 heterocycles. The molecule has 0 spiro atoms. The van der Waals surface area contributed by atoms with Crippen molar-refractivity contribution >= 4 is 13.7 Å². The first-order valence-corrected chi connectivity index (χ1v) is 40.0. The Kier molecular flexibility index (Phi) is 67.0. The number of nitrogens with zero attached hydrogens (tertiary/aromatic N) is 1. The van der Waals surface area contributed by atoms with Crippen molar-refractivity contribution < 1.29 is 32.9 Å². The van der Waals surface area contributed by atoms with Crippen molar-refractivity contribution in [1.82, 2.24) is 5.32 Å². The number of rotatable bonds is 73. The summed E-state index contributed by atoms with van der Waals surface area (Å²) in [7, 11) is 1.29. The van der Waals surface area contributed by atoms with Gasteiger partial charge in [0, 0.05) is 6.42 Å². The molecule has 85 heavy (non-hydrogen) atoms. The van der Waals surface area contributed by atoms with Gasteiger partial charge in [0.2, 0.25) is 5.91 Å². The highest BCUT2D eigenvalue weighted by Gasteiger charge is 2.23. The number of carbonyl (C=O) groups is 1. The van der Waals surface area contributed by atoms with E-state index in [0.29, 0.717) is 17.4 Å². The Bertz CT molecular complexity index is 1390. The highest BCUT2D eigenvalue weighted by Crippen LogP contribution is 2.38. The first-order valence-electron chi connectivity index (χ1n) is 38.6. The van der Waals surface area contributed by atoms with E-state index in [9.17, 15) is 19.4 Å². The zero-order valence-corrected chi connectivity index (χ0v) is 59.3. The number of unbranched alkanes of at least 4 members (excludes halogenated alkanes) is 60. The summed E-state index contributed by atoms with van der Waals surface area (Å²) in [5, 5.41) is 14.0. The molecule has 508 valence electrons. The van der Waals surface area contributed by atoms with Crippen LogP contribution in [0.4, 0.5) is 0 Å². The van der Waals surface area contributed by atoms with E-state index in [-0.39, 0.29) is 19.1 Å². The molecule has 0 saturated heterocycles. The minimum atomic E-state index is -4.60. The van der Waals surface area contributed by atoms with Gasteiger partial charge in [-0.1, -0.05) is 405 Å². The van der Waals surface area contributed by atoms with Gasteiger partial charge in [0.1, 0.15) is 13.2 Å². The molecule has 0 aromatic heterocycles. The molecule has 0 aliphatic rings. The molecule has 9 heteroatoms. The molecule has 2 N–H and O–H groups in total. The zero-order valence-electron chi connectivity index (χ0n) is 58.4. The number of phosphoric acid groups is 1. The summed E-state index contributed by atoms with van der Waals surface area (Å²) in [5.41, 5.74) is 0. The maximum atomic E-state index is 13.1. The van der Waals surface area contributed by atoms with E-state index < -0.39 is 20.0 Å². The third-order valence-corrected chi connectivity index (χ3v) is 19.2. The Balaban J connectivity index is 3.95. The summed E-state index contributed by atoms with van der Waals surface area (Å²) in [5.74, 6) is -0.186. The maximum Gasteiger partial charge on any atom is 0.268 e. The average molecular weight is 1220 g/mol. The molecular formula is C76H153N2O6P. The zero-order chi connectivity index (χ0) is 61.9. The standard InChI is InChI=1S/C76H153N2O6P/c1-6-8-10-12-14-16-18-20-22-24-26-28-30-32-34-36-37-38-39-40-41-42-44-46-48-50-52-54-56-58-60-62-64-66-68-70-76(80)77-74(73-84-85(81,82)83-72-71-78(3,4)5)75(79)69-67-65-63-61-59-57-55-53-51-49-47-45-43-35-33-31-29-27-25-23-21-19-17-15-13-11-9-7-2/h67,69,74-75,79H,6-66,68,70-73H2,1-5H3,(H-,77,80,81,82)/b69-67+.